The Morgan fingerprint density at radius 2 is 2.36 bits per heavy atom. The number of benzene rings is 1. The van der Waals surface area contributed by atoms with Crippen molar-refractivity contribution in [3.8, 4) is 5.75 Å². The monoisotopic (exact) mass is 196 g/mol. The first-order valence-electron chi connectivity index (χ1n) is 4.38. The fourth-order valence-electron chi connectivity index (χ4n) is 0.945. The molecule has 4 N–H and O–H groups in total. The SMILES string of the molecule is NCc1[c]ccc(OCC(O)CO)c1. The van der Waals surface area contributed by atoms with Gasteiger partial charge in [-0.05, 0) is 23.8 Å². The van der Waals surface area contributed by atoms with Crippen LogP contribution in [0.4, 0.5) is 0 Å². The number of aliphatic hydroxyl groups excluding tert-OH is 2. The van der Waals surface area contributed by atoms with E-state index < -0.39 is 6.10 Å². The molecule has 0 aromatic heterocycles. The molecule has 1 radical (unpaired) electrons. The minimum atomic E-state index is -0.847. The number of ether oxygens (including phenoxy) is 1. The lowest BCUT2D eigenvalue weighted by Crippen LogP contribution is -2.21. The first-order valence-corrected chi connectivity index (χ1v) is 4.38. The van der Waals surface area contributed by atoms with E-state index in [1.54, 1.807) is 18.2 Å². The maximum Gasteiger partial charge on any atom is 0.119 e. The van der Waals surface area contributed by atoms with Crippen molar-refractivity contribution in [1.29, 1.82) is 0 Å². The van der Waals surface area contributed by atoms with Crippen molar-refractivity contribution in [2.45, 2.75) is 12.6 Å². The number of hydrogen-bond acceptors (Lipinski definition) is 4. The number of rotatable bonds is 5. The van der Waals surface area contributed by atoms with Crippen LogP contribution in [0.1, 0.15) is 5.56 Å². The van der Waals surface area contributed by atoms with Gasteiger partial charge in [0.25, 0.3) is 0 Å². The van der Waals surface area contributed by atoms with Crippen molar-refractivity contribution in [2.75, 3.05) is 13.2 Å². The molecule has 0 saturated carbocycles. The van der Waals surface area contributed by atoms with E-state index in [-0.39, 0.29) is 13.2 Å². The summed E-state index contributed by atoms with van der Waals surface area (Å²) in [5, 5.41) is 17.6. The van der Waals surface area contributed by atoms with Gasteiger partial charge in [0.05, 0.1) is 6.61 Å². The average molecular weight is 196 g/mol. The molecule has 1 aromatic rings. The molecule has 0 spiro atoms. The molecule has 77 valence electrons. The molecule has 0 heterocycles. The molecule has 0 amide bonds. The summed E-state index contributed by atoms with van der Waals surface area (Å²) >= 11 is 0. The third kappa shape index (κ3) is 3.33. The van der Waals surface area contributed by atoms with Gasteiger partial charge in [-0.3, -0.25) is 0 Å². The first-order chi connectivity index (χ1) is 6.76. The molecule has 4 heteroatoms. The normalized spacial score (nSPS) is 12.5. The highest BCUT2D eigenvalue weighted by Gasteiger charge is 2.02. The van der Waals surface area contributed by atoms with Gasteiger partial charge in [0.15, 0.2) is 0 Å². The van der Waals surface area contributed by atoms with Gasteiger partial charge in [0.2, 0.25) is 0 Å². The van der Waals surface area contributed by atoms with E-state index in [1.165, 1.54) is 0 Å². The Balaban J connectivity index is 2.50. The molecule has 0 aliphatic carbocycles. The molecule has 1 aromatic carbocycles. The summed E-state index contributed by atoms with van der Waals surface area (Å²) in [5.41, 5.74) is 6.27. The molecule has 0 aliphatic heterocycles. The summed E-state index contributed by atoms with van der Waals surface area (Å²) in [6.07, 6.45) is -0.847. The topological polar surface area (TPSA) is 75.7 Å². The lowest BCUT2D eigenvalue weighted by Gasteiger charge is -2.10. The minimum absolute atomic E-state index is 0.0739. The third-order valence-electron chi connectivity index (χ3n) is 1.71. The van der Waals surface area contributed by atoms with Crippen LogP contribution in [0.25, 0.3) is 0 Å². The average Bonchev–Trinajstić information content (AvgIpc) is 2.26. The van der Waals surface area contributed by atoms with Crippen LogP contribution in [-0.4, -0.2) is 29.5 Å². The Morgan fingerprint density at radius 1 is 1.57 bits per heavy atom. The standard InChI is InChI=1S/C10H14NO3/c11-5-8-2-1-3-10(4-8)14-7-9(13)6-12/h1,3-4,9,12-13H,5-7,11H2. The second kappa shape index (κ2) is 5.59. The van der Waals surface area contributed by atoms with Crippen LogP contribution in [-0.2, 0) is 6.54 Å². The molecule has 0 saturated heterocycles. The molecule has 0 aliphatic rings. The zero-order valence-corrected chi connectivity index (χ0v) is 7.81. The maximum atomic E-state index is 9.04. The molecule has 1 rings (SSSR count). The van der Waals surface area contributed by atoms with Gasteiger partial charge < -0.3 is 20.7 Å². The van der Waals surface area contributed by atoms with E-state index in [2.05, 4.69) is 6.07 Å². The largest absolute Gasteiger partial charge is 0.491 e. The number of nitrogens with two attached hydrogens (primary N) is 1. The van der Waals surface area contributed by atoms with Crippen molar-refractivity contribution in [2.24, 2.45) is 5.73 Å². The molecular formula is C10H14NO3. The first kappa shape index (κ1) is 11.0. The summed E-state index contributed by atoms with van der Waals surface area (Å²) < 4.78 is 5.22. The zero-order valence-electron chi connectivity index (χ0n) is 7.81. The van der Waals surface area contributed by atoms with E-state index in [1.807, 2.05) is 0 Å². The highest BCUT2D eigenvalue weighted by molar-refractivity contribution is 5.27. The zero-order chi connectivity index (χ0) is 10.4. The predicted octanol–water partition coefficient (Wildman–Crippen LogP) is -0.323. The van der Waals surface area contributed by atoms with Crippen molar-refractivity contribution in [3.05, 3.63) is 29.8 Å². The molecule has 1 unspecified atom stereocenters. The van der Waals surface area contributed by atoms with Crippen LogP contribution in [0.15, 0.2) is 18.2 Å². The highest BCUT2D eigenvalue weighted by Crippen LogP contribution is 2.12. The van der Waals surface area contributed by atoms with Crippen molar-refractivity contribution in [3.63, 3.8) is 0 Å². The number of hydrogen-bond donors (Lipinski definition) is 3. The van der Waals surface area contributed by atoms with Crippen molar-refractivity contribution >= 4 is 0 Å². The van der Waals surface area contributed by atoms with E-state index in [9.17, 15) is 0 Å². The van der Waals surface area contributed by atoms with Crippen LogP contribution in [0.5, 0.6) is 5.75 Å². The predicted molar refractivity (Wildman–Crippen MR) is 51.8 cm³/mol. The van der Waals surface area contributed by atoms with Crippen molar-refractivity contribution in [1.82, 2.24) is 0 Å². The fourth-order valence-corrected chi connectivity index (χ4v) is 0.945. The van der Waals surface area contributed by atoms with Gasteiger partial charge in [-0.25, -0.2) is 0 Å². The highest BCUT2D eigenvalue weighted by atomic mass is 16.5. The maximum absolute atomic E-state index is 9.04. The van der Waals surface area contributed by atoms with E-state index in [0.717, 1.165) is 5.56 Å². The van der Waals surface area contributed by atoms with Crippen LogP contribution in [0, 0.1) is 6.07 Å². The summed E-state index contributed by atoms with van der Waals surface area (Å²) in [6, 6.07) is 8.13. The van der Waals surface area contributed by atoms with Gasteiger partial charge in [-0.1, -0.05) is 6.07 Å². The smallest absolute Gasteiger partial charge is 0.119 e. The molecule has 1 atom stereocenters. The Hall–Kier alpha value is -1.10. The van der Waals surface area contributed by atoms with E-state index >= 15 is 0 Å². The Kier molecular flexibility index (Phi) is 4.39. The Labute approximate surface area is 82.9 Å². The summed E-state index contributed by atoms with van der Waals surface area (Å²) in [6.45, 7) is 0.174. The van der Waals surface area contributed by atoms with E-state index in [4.69, 9.17) is 20.7 Å². The van der Waals surface area contributed by atoms with E-state index in [0.29, 0.717) is 12.3 Å². The Bertz CT molecular complexity index is 278. The van der Waals surface area contributed by atoms with Gasteiger partial charge in [0, 0.05) is 6.54 Å². The van der Waals surface area contributed by atoms with Gasteiger partial charge in [-0.2, -0.15) is 0 Å². The number of aliphatic hydroxyl groups is 2. The second-order valence-electron chi connectivity index (χ2n) is 2.90. The molecule has 14 heavy (non-hydrogen) atoms. The lowest BCUT2D eigenvalue weighted by molar-refractivity contribution is 0.0536. The lowest BCUT2D eigenvalue weighted by atomic mass is 10.2. The molecular weight excluding hydrogens is 182 g/mol. The van der Waals surface area contributed by atoms with Gasteiger partial charge >= 0.3 is 0 Å². The summed E-state index contributed by atoms with van der Waals surface area (Å²) in [7, 11) is 0. The second-order valence-corrected chi connectivity index (χ2v) is 2.90. The van der Waals surface area contributed by atoms with Crippen molar-refractivity contribution < 1.29 is 14.9 Å². The fraction of sp³-hybridized carbons (Fsp3) is 0.400. The molecule has 4 nitrogen and oxygen atoms in total. The summed E-state index contributed by atoms with van der Waals surface area (Å²) in [5.74, 6) is 0.622. The Morgan fingerprint density at radius 3 is 3.00 bits per heavy atom. The third-order valence-corrected chi connectivity index (χ3v) is 1.71. The van der Waals surface area contributed by atoms with Crippen LogP contribution < -0.4 is 10.5 Å². The quantitative estimate of drug-likeness (QED) is 0.603. The van der Waals surface area contributed by atoms with Crippen LogP contribution in [0.2, 0.25) is 0 Å². The van der Waals surface area contributed by atoms with Crippen LogP contribution >= 0.6 is 0 Å². The summed E-state index contributed by atoms with van der Waals surface area (Å²) in [4.78, 5) is 0. The van der Waals surface area contributed by atoms with Crippen LogP contribution in [0.3, 0.4) is 0 Å². The molecule has 0 bridgehead atoms. The van der Waals surface area contributed by atoms with Gasteiger partial charge in [-0.15, -0.1) is 0 Å². The van der Waals surface area contributed by atoms with Gasteiger partial charge in [0.1, 0.15) is 18.5 Å². The minimum Gasteiger partial charge on any atom is -0.491 e. The molecule has 0 fully saturated rings.